The Bertz CT molecular complexity index is 450. The van der Waals surface area contributed by atoms with Crippen LogP contribution in [0.2, 0.25) is 5.02 Å². The van der Waals surface area contributed by atoms with E-state index in [0.29, 0.717) is 36.5 Å². The van der Waals surface area contributed by atoms with Crippen LogP contribution in [0.15, 0.2) is 24.3 Å². The van der Waals surface area contributed by atoms with E-state index in [2.05, 4.69) is 0 Å². The zero-order valence-electron chi connectivity index (χ0n) is 11.3. The fourth-order valence-corrected chi connectivity index (χ4v) is 2.61. The number of likely N-dealkylation sites (tertiary alicyclic amines) is 1. The van der Waals surface area contributed by atoms with Crippen LogP contribution in [0.3, 0.4) is 0 Å². The van der Waals surface area contributed by atoms with E-state index in [9.17, 15) is 9.18 Å². The van der Waals surface area contributed by atoms with Crippen LogP contribution in [-0.2, 0) is 10.5 Å². The lowest BCUT2D eigenvalue weighted by Crippen LogP contribution is -2.44. The number of amides is 1. The van der Waals surface area contributed by atoms with Gasteiger partial charge in [0.05, 0.1) is 0 Å². The second-order valence-corrected chi connectivity index (χ2v) is 5.89. The van der Waals surface area contributed by atoms with Crippen LogP contribution in [0.1, 0.15) is 32.3 Å². The molecule has 1 saturated heterocycles. The Hall–Kier alpha value is -1.09. The molecule has 1 fully saturated rings. The van der Waals surface area contributed by atoms with E-state index in [1.165, 1.54) is 0 Å². The molecule has 19 heavy (non-hydrogen) atoms. The molecule has 2 rings (SSSR count). The van der Waals surface area contributed by atoms with E-state index < -0.39 is 5.67 Å². The van der Waals surface area contributed by atoms with Crippen LogP contribution < -0.4 is 0 Å². The Kier molecular flexibility index (Phi) is 4.14. The van der Waals surface area contributed by atoms with E-state index >= 15 is 0 Å². The van der Waals surface area contributed by atoms with E-state index in [4.69, 9.17) is 11.6 Å². The van der Waals surface area contributed by atoms with Crippen molar-refractivity contribution in [3.8, 4) is 0 Å². The van der Waals surface area contributed by atoms with Gasteiger partial charge in [-0.25, -0.2) is 4.39 Å². The zero-order chi connectivity index (χ0) is 14.0. The largest absolute Gasteiger partial charge is 0.342 e. The third kappa shape index (κ3) is 3.08. The number of hydrogen-bond donors (Lipinski definition) is 0. The first kappa shape index (κ1) is 14.3. The van der Waals surface area contributed by atoms with Gasteiger partial charge in [-0.05, 0) is 17.7 Å². The van der Waals surface area contributed by atoms with Crippen LogP contribution >= 0.6 is 11.6 Å². The summed E-state index contributed by atoms with van der Waals surface area (Å²) in [5.74, 6) is 0.0841. The van der Waals surface area contributed by atoms with Gasteiger partial charge in [0, 0.05) is 36.9 Å². The molecule has 1 amide bonds. The number of halogens is 2. The number of carbonyl (C=O) groups excluding carboxylic acids is 1. The molecule has 0 spiro atoms. The van der Waals surface area contributed by atoms with Crippen LogP contribution in [0.25, 0.3) is 0 Å². The highest BCUT2D eigenvalue weighted by atomic mass is 35.5. The minimum Gasteiger partial charge on any atom is -0.342 e. The fraction of sp³-hybridized carbons (Fsp3) is 0.533. The lowest BCUT2D eigenvalue weighted by molar-refractivity contribution is -0.137. The lowest BCUT2D eigenvalue weighted by atomic mass is 9.86. The number of piperidine rings is 1. The highest BCUT2D eigenvalue weighted by Crippen LogP contribution is 2.37. The Morgan fingerprint density at radius 3 is 2.26 bits per heavy atom. The summed E-state index contributed by atoms with van der Waals surface area (Å²) in [7, 11) is 0. The normalized spacial score (nSPS) is 18.7. The quantitative estimate of drug-likeness (QED) is 0.809. The molecule has 1 heterocycles. The van der Waals surface area contributed by atoms with E-state index in [0.717, 1.165) is 0 Å². The van der Waals surface area contributed by atoms with E-state index in [1.54, 1.807) is 29.2 Å². The van der Waals surface area contributed by atoms with Crippen LogP contribution in [0.5, 0.6) is 0 Å². The molecule has 1 aromatic rings. The minimum atomic E-state index is -1.33. The number of benzene rings is 1. The SMILES string of the molecule is CC(C)C(=O)N1CCC(F)(c2ccc(Cl)cc2)CC1. The van der Waals surface area contributed by atoms with Crippen molar-refractivity contribution in [2.75, 3.05) is 13.1 Å². The molecule has 0 aromatic heterocycles. The van der Waals surface area contributed by atoms with Gasteiger partial charge < -0.3 is 4.90 Å². The summed E-state index contributed by atoms with van der Waals surface area (Å²) in [6.45, 7) is 4.71. The Balaban J connectivity index is 2.06. The molecule has 0 saturated carbocycles. The molecule has 0 N–H and O–H groups in total. The van der Waals surface area contributed by atoms with Gasteiger partial charge in [0.15, 0.2) is 0 Å². The Morgan fingerprint density at radius 2 is 1.79 bits per heavy atom. The predicted octanol–water partition coefficient (Wildman–Crippen LogP) is 3.78. The first-order chi connectivity index (χ1) is 8.92. The van der Waals surface area contributed by atoms with E-state index in [-0.39, 0.29) is 11.8 Å². The van der Waals surface area contributed by atoms with Gasteiger partial charge in [-0.2, -0.15) is 0 Å². The average molecular weight is 284 g/mol. The predicted molar refractivity (Wildman–Crippen MR) is 74.9 cm³/mol. The van der Waals surface area contributed by atoms with Gasteiger partial charge in [0.1, 0.15) is 5.67 Å². The molecular weight excluding hydrogens is 265 g/mol. The van der Waals surface area contributed by atoms with Crippen molar-refractivity contribution in [3.05, 3.63) is 34.9 Å². The minimum absolute atomic E-state index is 0.0253. The highest BCUT2D eigenvalue weighted by Gasteiger charge is 2.37. The fourth-order valence-electron chi connectivity index (χ4n) is 2.48. The topological polar surface area (TPSA) is 20.3 Å². The highest BCUT2D eigenvalue weighted by molar-refractivity contribution is 6.30. The van der Waals surface area contributed by atoms with Crippen LogP contribution in [0.4, 0.5) is 4.39 Å². The first-order valence-electron chi connectivity index (χ1n) is 6.66. The molecule has 4 heteroatoms. The molecular formula is C15H19ClFNO. The monoisotopic (exact) mass is 283 g/mol. The summed E-state index contributed by atoms with van der Waals surface area (Å²) in [6.07, 6.45) is 0.709. The van der Waals surface area contributed by atoms with Gasteiger partial charge in [-0.3, -0.25) is 4.79 Å². The third-order valence-corrected chi connectivity index (χ3v) is 3.98. The third-order valence-electron chi connectivity index (χ3n) is 3.72. The smallest absolute Gasteiger partial charge is 0.225 e. The van der Waals surface area contributed by atoms with Gasteiger partial charge in [0.25, 0.3) is 0 Å². The summed E-state index contributed by atoms with van der Waals surface area (Å²) in [5, 5.41) is 0.611. The van der Waals surface area contributed by atoms with Gasteiger partial charge in [-0.15, -0.1) is 0 Å². The van der Waals surface area contributed by atoms with E-state index in [1.807, 2.05) is 13.8 Å². The molecule has 1 aromatic carbocycles. The number of hydrogen-bond acceptors (Lipinski definition) is 1. The van der Waals surface area contributed by atoms with Crippen LogP contribution in [-0.4, -0.2) is 23.9 Å². The van der Waals surface area contributed by atoms with Crippen molar-refractivity contribution in [3.63, 3.8) is 0 Å². The van der Waals surface area contributed by atoms with Crippen molar-refractivity contribution >= 4 is 17.5 Å². The van der Waals surface area contributed by atoms with Crippen molar-refractivity contribution in [1.29, 1.82) is 0 Å². The number of nitrogens with zero attached hydrogens (tertiary/aromatic N) is 1. The molecule has 0 unspecified atom stereocenters. The maximum Gasteiger partial charge on any atom is 0.225 e. The first-order valence-corrected chi connectivity index (χ1v) is 7.04. The standard InChI is InChI=1S/C15H19ClFNO/c1-11(2)14(19)18-9-7-15(17,8-10-18)12-3-5-13(16)6-4-12/h3-6,11H,7-10H2,1-2H3. The maximum atomic E-state index is 14.9. The van der Waals surface area contributed by atoms with Gasteiger partial charge >= 0.3 is 0 Å². The van der Waals surface area contributed by atoms with Gasteiger partial charge in [-0.1, -0.05) is 37.6 Å². The van der Waals surface area contributed by atoms with Crippen molar-refractivity contribution in [1.82, 2.24) is 4.90 Å². The zero-order valence-corrected chi connectivity index (χ0v) is 12.1. The summed E-state index contributed by atoms with van der Waals surface area (Å²) < 4.78 is 14.9. The average Bonchev–Trinajstić information content (AvgIpc) is 2.39. The summed E-state index contributed by atoms with van der Waals surface area (Å²) >= 11 is 5.82. The number of alkyl halides is 1. The molecule has 1 aliphatic rings. The Labute approximate surface area is 118 Å². The lowest BCUT2D eigenvalue weighted by Gasteiger charge is -2.37. The second kappa shape index (κ2) is 5.49. The molecule has 0 radical (unpaired) electrons. The molecule has 104 valence electrons. The summed E-state index contributed by atoms with van der Waals surface area (Å²) in [5.41, 5.74) is -0.674. The molecule has 0 aliphatic carbocycles. The summed E-state index contributed by atoms with van der Waals surface area (Å²) in [6, 6.07) is 6.90. The molecule has 1 aliphatic heterocycles. The van der Waals surface area contributed by atoms with Gasteiger partial charge in [0.2, 0.25) is 5.91 Å². The molecule has 0 bridgehead atoms. The van der Waals surface area contributed by atoms with Crippen LogP contribution in [0, 0.1) is 5.92 Å². The summed E-state index contributed by atoms with van der Waals surface area (Å²) in [4.78, 5) is 13.6. The number of carbonyl (C=O) groups is 1. The Morgan fingerprint density at radius 1 is 1.26 bits per heavy atom. The molecule has 2 nitrogen and oxygen atoms in total. The molecule has 0 atom stereocenters. The van der Waals surface area contributed by atoms with Crippen molar-refractivity contribution in [2.24, 2.45) is 5.92 Å². The maximum absolute atomic E-state index is 14.9. The van der Waals surface area contributed by atoms with Crippen molar-refractivity contribution in [2.45, 2.75) is 32.4 Å². The van der Waals surface area contributed by atoms with Crippen molar-refractivity contribution < 1.29 is 9.18 Å². The second-order valence-electron chi connectivity index (χ2n) is 5.45. The number of rotatable bonds is 2.